The first-order chi connectivity index (χ1) is 10.9. The van der Waals surface area contributed by atoms with E-state index in [2.05, 4.69) is 43.2 Å². The van der Waals surface area contributed by atoms with E-state index in [-0.39, 0.29) is 17.4 Å². The molecular formula is C19H21N3O. The van der Waals surface area contributed by atoms with Gasteiger partial charge >= 0.3 is 0 Å². The Balaban J connectivity index is 1.88. The molecule has 2 heterocycles. The maximum Gasteiger partial charge on any atom is 0.251 e. The molecule has 1 unspecified atom stereocenters. The van der Waals surface area contributed by atoms with Crippen LogP contribution in [0.2, 0.25) is 0 Å². The highest BCUT2D eigenvalue weighted by molar-refractivity contribution is 5.95. The minimum absolute atomic E-state index is 0.0580. The number of fused-ring (bicyclic) bond motifs is 1. The zero-order chi connectivity index (χ0) is 16.4. The fourth-order valence-electron chi connectivity index (χ4n) is 2.72. The van der Waals surface area contributed by atoms with E-state index < -0.39 is 0 Å². The Hall–Kier alpha value is -2.62. The number of carbonyl (C=O) groups is 1. The number of benzene rings is 1. The first-order valence-electron chi connectivity index (χ1n) is 7.73. The number of nitrogens with one attached hydrogen (secondary N) is 1. The summed E-state index contributed by atoms with van der Waals surface area (Å²) in [5.74, 6) is -0.0718. The van der Waals surface area contributed by atoms with Gasteiger partial charge < -0.3 is 9.72 Å². The lowest BCUT2D eigenvalue weighted by molar-refractivity contribution is 0.0901. The highest BCUT2D eigenvalue weighted by Gasteiger charge is 2.28. The summed E-state index contributed by atoms with van der Waals surface area (Å²) in [6.07, 6.45) is 5.32. The van der Waals surface area contributed by atoms with Gasteiger partial charge in [0.1, 0.15) is 0 Å². The summed E-state index contributed by atoms with van der Waals surface area (Å²) in [7, 11) is 0. The van der Waals surface area contributed by atoms with Crippen LogP contribution in [0.5, 0.6) is 0 Å². The smallest absolute Gasteiger partial charge is 0.251 e. The van der Waals surface area contributed by atoms with Crippen LogP contribution in [0, 0.1) is 5.41 Å². The number of aromatic nitrogens is 2. The summed E-state index contributed by atoms with van der Waals surface area (Å²) >= 11 is 0. The fraction of sp³-hybridized carbons (Fsp3) is 0.263. The summed E-state index contributed by atoms with van der Waals surface area (Å²) in [6.45, 7) is 6.39. The fourth-order valence-corrected chi connectivity index (χ4v) is 2.72. The Bertz CT molecular complexity index is 815. The van der Waals surface area contributed by atoms with Crippen molar-refractivity contribution in [1.82, 2.24) is 14.7 Å². The molecule has 23 heavy (non-hydrogen) atoms. The van der Waals surface area contributed by atoms with E-state index in [1.807, 2.05) is 40.9 Å². The van der Waals surface area contributed by atoms with Gasteiger partial charge in [0.15, 0.2) is 0 Å². The van der Waals surface area contributed by atoms with Gasteiger partial charge in [-0.2, -0.15) is 0 Å². The van der Waals surface area contributed by atoms with E-state index in [0.29, 0.717) is 5.56 Å². The molecule has 3 aromatic rings. The number of hydrogen-bond donors (Lipinski definition) is 1. The summed E-state index contributed by atoms with van der Waals surface area (Å²) in [6, 6.07) is 13.7. The van der Waals surface area contributed by atoms with Crippen LogP contribution in [0.1, 0.15) is 42.7 Å². The van der Waals surface area contributed by atoms with Crippen LogP contribution in [0.25, 0.3) is 5.52 Å². The number of amides is 1. The van der Waals surface area contributed by atoms with Gasteiger partial charge in [-0.05, 0) is 23.1 Å². The Morgan fingerprint density at radius 1 is 1.17 bits per heavy atom. The van der Waals surface area contributed by atoms with Crippen molar-refractivity contribution < 1.29 is 4.79 Å². The molecular weight excluding hydrogens is 286 g/mol. The van der Waals surface area contributed by atoms with Crippen LogP contribution in [-0.2, 0) is 0 Å². The number of carbonyl (C=O) groups excluding carboxylic acids is 1. The highest BCUT2D eigenvalue weighted by Crippen LogP contribution is 2.32. The topological polar surface area (TPSA) is 46.4 Å². The zero-order valence-electron chi connectivity index (χ0n) is 13.7. The van der Waals surface area contributed by atoms with E-state index in [4.69, 9.17) is 0 Å². The van der Waals surface area contributed by atoms with Gasteiger partial charge in [-0.15, -0.1) is 0 Å². The van der Waals surface area contributed by atoms with E-state index in [9.17, 15) is 4.79 Å². The minimum Gasteiger partial charge on any atom is -0.345 e. The van der Waals surface area contributed by atoms with Gasteiger partial charge in [0.2, 0.25) is 0 Å². The Labute approximate surface area is 136 Å². The van der Waals surface area contributed by atoms with Crippen molar-refractivity contribution in [3.63, 3.8) is 0 Å². The molecule has 3 rings (SSSR count). The lowest BCUT2D eigenvalue weighted by Crippen LogP contribution is -2.36. The van der Waals surface area contributed by atoms with Crippen molar-refractivity contribution in [1.29, 1.82) is 0 Å². The van der Waals surface area contributed by atoms with Crippen LogP contribution < -0.4 is 5.32 Å². The van der Waals surface area contributed by atoms with Crippen molar-refractivity contribution in [3.05, 3.63) is 72.3 Å². The van der Waals surface area contributed by atoms with Crippen LogP contribution in [0.3, 0.4) is 0 Å². The molecule has 0 aliphatic heterocycles. The molecule has 118 valence electrons. The predicted octanol–water partition coefficient (Wildman–Crippen LogP) is 3.85. The number of hydrogen-bond acceptors (Lipinski definition) is 2. The number of nitrogens with zero attached hydrogens (tertiary/aromatic N) is 2. The lowest BCUT2D eigenvalue weighted by atomic mass is 9.82. The van der Waals surface area contributed by atoms with Crippen molar-refractivity contribution in [2.75, 3.05) is 0 Å². The first kappa shape index (κ1) is 15.3. The molecule has 0 aliphatic rings. The monoisotopic (exact) mass is 307 g/mol. The van der Waals surface area contributed by atoms with Gasteiger partial charge in [-0.25, -0.2) is 4.98 Å². The van der Waals surface area contributed by atoms with Crippen molar-refractivity contribution in [3.8, 4) is 0 Å². The second kappa shape index (κ2) is 5.88. The summed E-state index contributed by atoms with van der Waals surface area (Å²) in [5.41, 5.74) is 2.57. The van der Waals surface area contributed by atoms with E-state index in [1.165, 1.54) is 0 Å². The van der Waals surface area contributed by atoms with Gasteiger partial charge in [0, 0.05) is 11.8 Å². The minimum atomic E-state index is -0.0856. The summed E-state index contributed by atoms with van der Waals surface area (Å²) in [4.78, 5) is 16.8. The standard InChI is InChI=1S/C19H21N3O/c1-19(2,3)17(14-7-5-4-6-8-14)21-18(23)15-9-10-22-13-20-12-16(22)11-15/h4-13,17H,1-3H3,(H,21,23). The largest absolute Gasteiger partial charge is 0.345 e. The Morgan fingerprint density at radius 3 is 2.61 bits per heavy atom. The summed E-state index contributed by atoms with van der Waals surface area (Å²) < 4.78 is 1.88. The van der Waals surface area contributed by atoms with Gasteiger partial charge in [0.05, 0.1) is 24.1 Å². The third kappa shape index (κ3) is 3.26. The van der Waals surface area contributed by atoms with Crippen LogP contribution in [-0.4, -0.2) is 15.3 Å². The Kier molecular flexibility index (Phi) is 3.90. The van der Waals surface area contributed by atoms with Crippen LogP contribution in [0.15, 0.2) is 61.2 Å². The number of rotatable bonds is 3. The first-order valence-corrected chi connectivity index (χ1v) is 7.73. The molecule has 1 aromatic carbocycles. The van der Waals surface area contributed by atoms with Gasteiger partial charge in [-0.1, -0.05) is 51.1 Å². The highest BCUT2D eigenvalue weighted by atomic mass is 16.1. The molecule has 0 spiro atoms. The average molecular weight is 307 g/mol. The van der Waals surface area contributed by atoms with Crippen molar-refractivity contribution in [2.24, 2.45) is 5.41 Å². The maximum atomic E-state index is 12.7. The van der Waals surface area contributed by atoms with Crippen LogP contribution >= 0.6 is 0 Å². The Morgan fingerprint density at radius 2 is 1.91 bits per heavy atom. The molecule has 4 heteroatoms. The number of pyridine rings is 1. The summed E-state index contributed by atoms with van der Waals surface area (Å²) in [5, 5.41) is 3.18. The molecule has 1 N–H and O–H groups in total. The maximum absolute atomic E-state index is 12.7. The van der Waals surface area contributed by atoms with Crippen molar-refractivity contribution >= 4 is 11.4 Å². The number of imidazole rings is 1. The third-order valence-corrected chi connectivity index (χ3v) is 3.95. The van der Waals surface area contributed by atoms with E-state index in [1.54, 1.807) is 12.5 Å². The zero-order valence-corrected chi connectivity index (χ0v) is 13.7. The lowest BCUT2D eigenvalue weighted by Gasteiger charge is -2.32. The van der Waals surface area contributed by atoms with Crippen molar-refractivity contribution in [2.45, 2.75) is 26.8 Å². The van der Waals surface area contributed by atoms with E-state index in [0.717, 1.165) is 11.1 Å². The molecule has 0 saturated carbocycles. The normalized spacial score (nSPS) is 13.0. The second-order valence-corrected chi connectivity index (χ2v) is 6.82. The quantitative estimate of drug-likeness (QED) is 0.799. The molecule has 0 saturated heterocycles. The molecule has 0 bridgehead atoms. The SMILES string of the molecule is CC(C)(C)C(NC(=O)c1ccn2cncc2c1)c1ccccc1. The average Bonchev–Trinajstić information content (AvgIpc) is 2.99. The van der Waals surface area contributed by atoms with E-state index >= 15 is 0 Å². The van der Waals surface area contributed by atoms with Gasteiger partial charge in [-0.3, -0.25) is 4.79 Å². The van der Waals surface area contributed by atoms with Gasteiger partial charge in [0.25, 0.3) is 5.91 Å². The van der Waals surface area contributed by atoms with Crippen LogP contribution in [0.4, 0.5) is 0 Å². The molecule has 1 atom stereocenters. The molecule has 0 radical (unpaired) electrons. The molecule has 1 amide bonds. The third-order valence-electron chi connectivity index (χ3n) is 3.95. The molecule has 4 nitrogen and oxygen atoms in total. The molecule has 0 fully saturated rings. The molecule has 2 aromatic heterocycles. The predicted molar refractivity (Wildman–Crippen MR) is 91.3 cm³/mol. The second-order valence-electron chi connectivity index (χ2n) is 6.82. The molecule has 0 aliphatic carbocycles.